The minimum atomic E-state index is -4.38. The number of piperazine rings is 1. The zero-order valence-corrected chi connectivity index (χ0v) is 16.4. The fourth-order valence-electron chi connectivity index (χ4n) is 3.93. The van der Waals surface area contributed by atoms with E-state index >= 15 is 0 Å². The zero-order chi connectivity index (χ0) is 20.6. The van der Waals surface area contributed by atoms with Crippen LogP contribution in [-0.4, -0.2) is 74.9 Å². The molecule has 1 saturated heterocycles. The Labute approximate surface area is 170 Å². The molecule has 0 unspecified atom stereocenters. The van der Waals surface area contributed by atoms with Gasteiger partial charge in [0.2, 0.25) is 0 Å². The maximum atomic E-state index is 13.2. The van der Waals surface area contributed by atoms with Gasteiger partial charge in [-0.3, -0.25) is 9.80 Å². The van der Waals surface area contributed by atoms with Crippen LogP contribution >= 0.6 is 11.6 Å². The molecular formula is C19H21ClF3N5O. The summed E-state index contributed by atoms with van der Waals surface area (Å²) in [6.45, 7) is 3.92. The Morgan fingerprint density at radius 2 is 1.79 bits per heavy atom. The van der Waals surface area contributed by atoms with E-state index in [-0.39, 0.29) is 17.3 Å². The van der Waals surface area contributed by atoms with Gasteiger partial charge in [-0.15, -0.1) is 0 Å². The highest BCUT2D eigenvalue weighted by Gasteiger charge is 2.31. The number of fused-ring (bicyclic) bond motifs is 3. The van der Waals surface area contributed by atoms with Crippen LogP contribution in [0.2, 0.25) is 5.15 Å². The van der Waals surface area contributed by atoms with Crippen LogP contribution in [0.25, 0.3) is 21.9 Å². The molecule has 1 aliphatic heterocycles. The van der Waals surface area contributed by atoms with Crippen LogP contribution in [0.5, 0.6) is 0 Å². The highest BCUT2D eigenvalue weighted by Crippen LogP contribution is 2.34. The fourth-order valence-corrected chi connectivity index (χ4v) is 4.17. The van der Waals surface area contributed by atoms with E-state index in [2.05, 4.69) is 19.8 Å². The number of halogens is 4. The summed E-state index contributed by atoms with van der Waals surface area (Å²) >= 11 is 6.13. The topological polar surface area (TPSA) is 57.4 Å². The Hall–Kier alpha value is -1.94. The lowest BCUT2D eigenvalue weighted by molar-refractivity contribution is -0.139. The number of rotatable bonds is 5. The molecule has 3 aromatic rings. The number of nitrogens with zero attached hydrogens (tertiary/aromatic N) is 5. The average Bonchev–Trinajstić information content (AvgIpc) is 2.97. The van der Waals surface area contributed by atoms with Crippen molar-refractivity contribution in [3.63, 3.8) is 0 Å². The molecule has 1 aliphatic rings. The second kappa shape index (κ2) is 8.06. The number of β-amino-alcohol motifs (C(OH)–C–C–N with tert-alkyl or cyclic N) is 1. The van der Waals surface area contributed by atoms with Crippen molar-refractivity contribution in [1.82, 2.24) is 24.3 Å². The lowest BCUT2D eigenvalue weighted by Gasteiger charge is -2.34. The molecule has 1 aromatic carbocycles. The normalized spacial score (nSPS) is 16.9. The predicted molar refractivity (Wildman–Crippen MR) is 105 cm³/mol. The molecule has 1 N–H and O–H groups in total. The van der Waals surface area contributed by atoms with E-state index in [9.17, 15) is 13.2 Å². The van der Waals surface area contributed by atoms with Crippen molar-refractivity contribution in [1.29, 1.82) is 0 Å². The van der Waals surface area contributed by atoms with Gasteiger partial charge in [0.1, 0.15) is 23.9 Å². The first-order valence-electron chi connectivity index (χ1n) is 9.39. The second-order valence-corrected chi connectivity index (χ2v) is 7.61. The first kappa shape index (κ1) is 20.3. The summed E-state index contributed by atoms with van der Waals surface area (Å²) in [7, 11) is 0. The van der Waals surface area contributed by atoms with Gasteiger partial charge in [0.15, 0.2) is 5.15 Å². The van der Waals surface area contributed by atoms with Crippen LogP contribution in [-0.2, 0) is 13.1 Å². The number of aliphatic hydroxyl groups excluding tert-OH is 1. The predicted octanol–water partition coefficient (Wildman–Crippen LogP) is 2.91. The molecule has 10 heteroatoms. The number of hydrogen-bond donors (Lipinski definition) is 1. The van der Waals surface area contributed by atoms with Gasteiger partial charge >= 0.3 is 6.18 Å². The summed E-state index contributed by atoms with van der Waals surface area (Å²) in [5, 5.41) is 9.71. The molecule has 2 aromatic heterocycles. The fraction of sp³-hybridized carbons (Fsp3) is 0.474. The third-order valence-corrected chi connectivity index (χ3v) is 5.56. The van der Waals surface area contributed by atoms with Gasteiger partial charge in [0.05, 0.1) is 12.1 Å². The largest absolute Gasteiger partial charge is 0.406 e. The first-order valence-corrected chi connectivity index (χ1v) is 9.77. The van der Waals surface area contributed by atoms with Gasteiger partial charge < -0.3 is 9.67 Å². The summed E-state index contributed by atoms with van der Waals surface area (Å²) in [6.07, 6.45) is -3.11. The van der Waals surface area contributed by atoms with Crippen molar-refractivity contribution >= 4 is 33.5 Å². The number of aromatic nitrogens is 3. The summed E-state index contributed by atoms with van der Waals surface area (Å²) in [5.41, 5.74) is 2.08. The van der Waals surface area contributed by atoms with E-state index in [0.29, 0.717) is 29.5 Å². The SMILES string of the molecule is OCCN1CCN(Cc2ccc3c(c2)c2ncnc(Cl)c2n3CC(F)(F)F)CC1. The number of aliphatic hydroxyl groups is 1. The molecule has 0 saturated carbocycles. The zero-order valence-electron chi connectivity index (χ0n) is 15.7. The molecular weight excluding hydrogens is 407 g/mol. The Morgan fingerprint density at radius 3 is 2.48 bits per heavy atom. The summed E-state index contributed by atoms with van der Waals surface area (Å²) in [6, 6.07) is 5.46. The number of hydrogen-bond acceptors (Lipinski definition) is 5. The Morgan fingerprint density at radius 1 is 1.07 bits per heavy atom. The number of benzene rings is 1. The van der Waals surface area contributed by atoms with Gasteiger partial charge in [0, 0.05) is 44.7 Å². The van der Waals surface area contributed by atoms with Gasteiger partial charge in [-0.25, -0.2) is 9.97 Å². The lowest BCUT2D eigenvalue weighted by Crippen LogP contribution is -2.46. The van der Waals surface area contributed by atoms with E-state index in [4.69, 9.17) is 16.7 Å². The molecule has 1 fully saturated rings. The third-order valence-electron chi connectivity index (χ3n) is 5.28. The maximum absolute atomic E-state index is 13.2. The third kappa shape index (κ3) is 4.32. The molecule has 6 nitrogen and oxygen atoms in total. The van der Waals surface area contributed by atoms with Crippen LogP contribution in [0.3, 0.4) is 0 Å². The molecule has 0 atom stereocenters. The van der Waals surface area contributed by atoms with Crippen molar-refractivity contribution in [2.45, 2.75) is 19.3 Å². The van der Waals surface area contributed by atoms with Crippen LogP contribution in [0.4, 0.5) is 13.2 Å². The second-order valence-electron chi connectivity index (χ2n) is 7.26. The van der Waals surface area contributed by atoms with Gasteiger partial charge in [-0.05, 0) is 17.7 Å². The molecule has 0 bridgehead atoms. The van der Waals surface area contributed by atoms with Crippen molar-refractivity contribution in [2.75, 3.05) is 39.3 Å². The summed E-state index contributed by atoms with van der Waals surface area (Å²) in [4.78, 5) is 12.6. The monoisotopic (exact) mass is 427 g/mol. The molecule has 0 amide bonds. The Kier molecular flexibility index (Phi) is 5.65. The molecule has 29 heavy (non-hydrogen) atoms. The van der Waals surface area contributed by atoms with Crippen molar-refractivity contribution in [3.8, 4) is 0 Å². The van der Waals surface area contributed by atoms with Gasteiger partial charge in [-0.2, -0.15) is 13.2 Å². The molecule has 0 spiro atoms. The van der Waals surface area contributed by atoms with Gasteiger partial charge in [-0.1, -0.05) is 17.7 Å². The molecule has 4 rings (SSSR count). The van der Waals surface area contributed by atoms with Crippen LogP contribution < -0.4 is 0 Å². The standard InChI is InChI=1S/C19H21ClF3N5O/c20-18-17-16(24-12-25-18)14-9-13(1-2-15(14)28(17)11-19(21,22)23)10-27-5-3-26(4-6-27)7-8-29/h1-2,9,12,29H,3-8,10-11H2. The molecule has 3 heterocycles. The highest BCUT2D eigenvalue weighted by atomic mass is 35.5. The van der Waals surface area contributed by atoms with Gasteiger partial charge in [0.25, 0.3) is 0 Å². The van der Waals surface area contributed by atoms with E-state index in [1.807, 2.05) is 12.1 Å². The summed E-state index contributed by atoms with van der Waals surface area (Å²) in [5.74, 6) is 0. The molecule has 0 aliphatic carbocycles. The molecule has 156 valence electrons. The lowest BCUT2D eigenvalue weighted by atomic mass is 10.1. The van der Waals surface area contributed by atoms with Crippen molar-refractivity contribution in [3.05, 3.63) is 35.2 Å². The smallest absolute Gasteiger partial charge is 0.395 e. The average molecular weight is 428 g/mol. The Bertz CT molecular complexity index is 1010. The highest BCUT2D eigenvalue weighted by molar-refractivity contribution is 6.34. The van der Waals surface area contributed by atoms with Crippen LogP contribution in [0.15, 0.2) is 24.5 Å². The first-order chi connectivity index (χ1) is 13.9. The number of alkyl halides is 3. The van der Waals surface area contributed by atoms with E-state index in [1.54, 1.807) is 6.07 Å². The van der Waals surface area contributed by atoms with Crippen molar-refractivity contribution < 1.29 is 18.3 Å². The minimum Gasteiger partial charge on any atom is -0.395 e. The van der Waals surface area contributed by atoms with Crippen molar-refractivity contribution in [2.24, 2.45) is 0 Å². The van der Waals surface area contributed by atoms with E-state index in [1.165, 1.54) is 6.33 Å². The summed E-state index contributed by atoms with van der Waals surface area (Å²) < 4.78 is 40.6. The maximum Gasteiger partial charge on any atom is 0.406 e. The van der Waals surface area contributed by atoms with Crippen LogP contribution in [0, 0.1) is 0 Å². The van der Waals surface area contributed by atoms with E-state index in [0.717, 1.165) is 36.3 Å². The Balaban J connectivity index is 1.66. The van der Waals surface area contributed by atoms with Crippen LogP contribution in [0.1, 0.15) is 5.56 Å². The quantitative estimate of drug-likeness (QED) is 0.634. The van der Waals surface area contributed by atoms with E-state index < -0.39 is 12.7 Å². The molecule has 0 radical (unpaired) electrons. The minimum absolute atomic E-state index is 0.0111.